The molecule has 0 amide bonds. The molecule has 2 heterocycles. The lowest BCUT2D eigenvalue weighted by Gasteiger charge is -2.09. The van der Waals surface area contributed by atoms with E-state index in [4.69, 9.17) is 0 Å². The fraction of sp³-hybridized carbons (Fsp3) is 0.214. The number of rotatable bonds is 3. The third-order valence-electron chi connectivity index (χ3n) is 3.04. The summed E-state index contributed by atoms with van der Waals surface area (Å²) in [4.78, 5) is 17.1. The van der Waals surface area contributed by atoms with Crippen LogP contribution in [0.4, 0.5) is 0 Å². The van der Waals surface area contributed by atoms with Crippen molar-refractivity contribution in [3.05, 3.63) is 45.6 Å². The molecule has 1 aromatic carbocycles. The van der Waals surface area contributed by atoms with Crippen LogP contribution in [0, 0.1) is 0 Å². The minimum absolute atomic E-state index is 0.0166. The van der Waals surface area contributed by atoms with Crippen LogP contribution in [-0.4, -0.2) is 24.1 Å². The van der Waals surface area contributed by atoms with E-state index in [2.05, 4.69) is 16.5 Å². The number of pyridine rings is 1. The molecule has 98 valence electrons. The second-order valence-electron chi connectivity index (χ2n) is 4.68. The number of fused-ring (bicyclic) bond motifs is 3. The quantitative estimate of drug-likeness (QED) is 0.720. The van der Waals surface area contributed by atoms with Crippen LogP contribution in [0.3, 0.4) is 0 Å². The first-order valence-corrected chi connectivity index (χ1v) is 6.91. The molecule has 3 rings (SSSR count). The zero-order valence-corrected chi connectivity index (χ0v) is 11.7. The van der Waals surface area contributed by atoms with Crippen molar-refractivity contribution in [2.24, 2.45) is 0 Å². The first-order valence-electron chi connectivity index (χ1n) is 6.09. The Kier molecular flexibility index (Phi) is 3.10. The smallest absolute Gasteiger partial charge is 0.256 e. The van der Waals surface area contributed by atoms with E-state index in [1.165, 1.54) is 4.88 Å². The molecule has 5 heteroatoms. The van der Waals surface area contributed by atoms with Crippen LogP contribution in [0.2, 0.25) is 0 Å². The normalized spacial score (nSPS) is 11.7. The van der Waals surface area contributed by atoms with Crippen LogP contribution in [-0.2, 0) is 6.54 Å². The van der Waals surface area contributed by atoms with Crippen molar-refractivity contribution in [3.8, 4) is 0 Å². The maximum absolute atomic E-state index is 12.0. The number of nitrogens with zero attached hydrogens (tertiary/aromatic N) is 1. The highest BCUT2D eigenvalue weighted by Gasteiger charge is 2.08. The van der Waals surface area contributed by atoms with Crippen LogP contribution in [0.25, 0.3) is 21.0 Å². The first kappa shape index (κ1) is 12.3. The lowest BCUT2D eigenvalue weighted by Crippen LogP contribution is -2.29. The summed E-state index contributed by atoms with van der Waals surface area (Å²) in [6.45, 7) is 0.767. The number of aromatic nitrogens is 1. The van der Waals surface area contributed by atoms with E-state index in [0.717, 1.165) is 27.5 Å². The molecule has 0 radical (unpaired) electrons. The van der Waals surface area contributed by atoms with E-state index in [9.17, 15) is 4.79 Å². The van der Waals surface area contributed by atoms with Gasteiger partial charge in [0.15, 0.2) is 0 Å². The van der Waals surface area contributed by atoms with Crippen molar-refractivity contribution in [1.82, 2.24) is 15.4 Å². The maximum atomic E-state index is 12.0. The van der Waals surface area contributed by atoms with Crippen LogP contribution < -0.4 is 11.0 Å². The van der Waals surface area contributed by atoms with Gasteiger partial charge in [-0.2, -0.15) is 0 Å². The monoisotopic (exact) mass is 273 g/mol. The molecule has 4 nitrogen and oxygen atoms in total. The summed E-state index contributed by atoms with van der Waals surface area (Å²) in [6, 6.07) is 9.88. The number of hydrogen-bond acceptors (Lipinski definition) is 4. The summed E-state index contributed by atoms with van der Waals surface area (Å²) in [5.74, 6) is 0. The lowest BCUT2D eigenvalue weighted by atomic mass is 10.1. The molecule has 0 spiro atoms. The van der Waals surface area contributed by atoms with Crippen molar-refractivity contribution in [2.45, 2.75) is 6.54 Å². The number of H-pyrrole nitrogens is 1. The second-order valence-corrected chi connectivity index (χ2v) is 5.82. The summed E-state index contributed by atoms with van der Waals surface area (Å²) in [5.41, 5.74) is 3.22. The SMILES string of the molecule is CN(C)NCc1cc2c([nH]c(=O)c3ccccc32)s1. The molecule has 0 unspecified atom stereocenters. The second kappa shape index (κ2) is 4.77. The molecule has 3 aromatic rings. The van der Waals surface area contributed by atoms with Gasteiger partial charge in [0.1, 0.15) is 4.83 Å². The van der Waals surface area contributed by atoms with Crippen molar-refractivity contribution < 1.29 is 0 Å². The topological polar surface area (TPSA) is 48.1 Å². The Hall–Kier alpha value is -1.69. The molecule has 19 heavy (non-hydrogen) atoms. The van der Waals surface area contributed by atoms with Crippen LogP contribution in [0.15, 0.2) is 35.1 Å². The Morgan fingerprint density at radius 3 is 2.68 bits per heavy atom. The average Bonchev–Trinajstić information content (AvgIpc) is 2.80. The van der Waals surface area contributed by atoms with Gasteiger partial charge in [-0.3, -0.25) is 15.2 Å². The van der Waals surface area contributed by atoms with Gasteiger partial charge in [0.2, 0.25) is 0 Å². The van der Waals surface area contributed by atoms with E-state index in [-0.39, 0.29) is 5.56 Å². The van der Waals surface area contributed by atoms with Gasteiger partial charge in [0.25, 0.3) is 5.56 Å². The Morgan fingerprint density at radius 1 is 1.21 bits per heavy atom. The van der Waals surface area contributed by atoms with Crippen LogP contribution >= 0.6 is 11.3 Å². The fourth-order valence-corrected chi connectivity index (χ4v) is 3.14. The highest BCUT2D eigenvalue weighted by molar-refractivity contribution is 7.18. The summed E-state index contributed by atoms with van der Waals surface area (Å²) in [6.07, 6.45) is 0. The van der Waals surface area contributed by atoms with Crippen molar-refractivity contribution in [2.75, 3.05) is 14.1 Å². The minimum Gasteiger partial charge on any atom is -0.313 e. The molecule has 0 bridgehead atoms. The highest BCUT2D eigenvalue weighted by Crippen LogP contribution is 2.28. The molecule has 0 atom stereocenters. The maximum Gasteiger partial charge on any atom is 0.256 e. The van der Waals surface area contributed by atoms with Crippen molar-refractivity contribution >= 4 is 32.3 Å². The predicted molar refractivity (Wildman–Crippen MR) is 80.5 cm³/mol. The van der Waals surface area contributed by atoms with Gasteiger partial charge in [-0.1, -0.05) is 18.2 Å². The third-order valence-corrected chi connectivity index (χ3v) is 4.09. The molecule has 0 aliphatic heterocycles. The molecular weight excluding hydrogens is 258 g/mol. The molecule has 0 fully saturated rings. The predicted octanol–water partition coefficient (Wildman–Crippen LogP) is 2.31. The molecule has 2 aromatic heterocycles. The van der Waals surface area contributed by atoms with Gasteiger partial charge in [0.05, 0.1) is 0 Å². The summed E-state index contributed by atoms with van der Waals surface area (Å²) in [7, 11) is 3.93. The number of nitrogens with one attached hydrogen (secondary N) is 2. The largest absolute Gasteiger partial charge is 0.313 e. The zero-order chi connectivity index (χ0) is 13.4. The van der Waals surface area contributed by atoms with Gasteiger partial charge < -0.3 is 4.98 Å². The first-order chi connectivity index (χ1) is 9.15. The average molecular weight is 273 g/mol. The number of benzene rings is 1. The zero-order valence-electron chi connectivity index (χ0n) is 10.9. The molecule has 0 saturated heterocycles. The van der Waals surface area contributed by atoms with Gasteiger partial charge in [-0.15, -0.1) is 11.3 Å². The Labute approximate surface area is 114 Å². The van der Waals surface area contributed by atoms with Crippen LogP contribution in [0.5, 0.6) is 0 Å². The number of hydrogen-bond donors (Lipinski definition) is 2. The van der Waals surface area contributed by atoms with E-state index in [0.29, 0.717) is 0 Å². The number of thiophene rings is 1. The molecule has 0 saturated carbocycles. The van der Waals surface area contributed by atoms with E-state index in [1.807, 2.05) is 43.4 Å². The molecule has 0 aliphatic rings. The van der Waals surface area contributed by atoms with E-state index >= 15 is 0 Å². The van der Waals surface area contributed by atoms with Gasteiger partial charge in [-0.25, -0.2) is 0 Å². The lowest BCUT2D eigenvalue weighted by molar-refractivity contribution is 0.287. The standard InChI is InChI=1S/C14H15N3OS/c1-17(2)15-8-9-7-12-10-5-3-4-6-11(10)13(18)16-14(12)19-9/h3-7,15H,8H2,1-2H3,(H,16,18). The number of aromatic amines is 1. The molecule has 2 N–H and O–H groups in total. The number of hydrazine groups is 1. The highest BCUT2D eigenvalue weighted by atomic mass is 32.1. The fourth-order valence-electron chi connectivity index (χ4n) is 2.14. The Balaban J connectivity index is 2.17. The Bertz CT molecular complexity index is 788. The van der Waals surface area contributed by atoms with Gasteiger partial charge >= 0.3 is 0 Å². The minimum atomic E-state index is -0.0166. The van der Waals surface area contributed by atoms with Crippen LogP contribution in [0.1, 0.15) is 4.88 Å². The summed E-state index contributed by atoms with van der Waals surface area (Å²) in [5, 5.41) is 4.81. The van der Waals surface area contributed by atoms with Gasteiger partial charge in [-0.05, 0) is 17.5 Å². The molecular formula is C14H15N3OS. The summed E-state index contributed by atoms with van der Waals surface area (Å²) < 4.78 is 0. The molecule has 0 aliphatic carbocycles. The van der Waals surface area contributed by atoms with Gasteiger partial charge in [0, 0.05) is 36.3 Å². The van der Waals surface area contributed by atoms with E-state index < -0.39 is 0 Å². The van der Waals surface area contributed by atoms with Crippen molar-refractivity contribution in [1.29, 1.82) is 0 Å². The van der Waals surface area contributed by atoms with Crippen molar-refractivity contribution in [3.63, 3.8) is 0 Å². The van der Waals surface area contributed by atoms with E-state index in [1.54, 1.807) is 11.3 Å². The third kappa shape index (κ3) is 2.28. The summed E-state index contributed by atoms with van der Waals surface area (Å²) >= 11 is 1.62. The Morgan fingerprint density at radius 2 is 1.95 bits per heavy atom.